The van der Waals surface area contributed by atoms with Gasteiger partial charge in [0, 0.05) is 18.8 Å². The lowest BCUT2D eigenvalue weighted by atomic mass is 10.0. The first-order valence-corrected chi connectivity index (χ1v) is 8.68. The second-order valence-corrected chi connectivity index (χ2v) is 6.46. The molecule has 2 aromatic rings. The fourth-order valence-electron chi connectivity index (χ4n) is 3.56. The monoisotopic (exact) mass is 338 g/mol. The smallest absolute Gasteiger partial charge is 0.257 e. The summed E-state index contributed by atoms with van der Waals surface area (Å²) < 4.78 is 11.1. The molecule has 130 valence electrons. The minimum atomic E-state index is -0.235. The van der Waals surface area contributed by atoms with Crippen LogP contribution >= 0.6 is 0 Å². The zero-order valence-corrected chi connectivity index (χ0v) is 14.3. The number of para-hydroxylation sites is 1. The number of benzene rings is 2. The molecule has 1 saturated heterocycles. The summed E-state index contributed by atoms with van der Waals surface area (Å²) in [4.78, 5) is 15.0. The Labute approximate surface area is 147 Å². The Morgan fingerprint density at radius 3 is 2.92 bits per heavy atom. The number of methoxy groups -OCH3 is 1. The summed E-state index contributed by atoms with van der Waals surface area (Å²) in [6.07, 6.45) is 1.92. The summed E-state index contributed by atoms with van der Waals surface area (Å²) in [7, 11) is 1.65. The van der Waals surface area contributed by atoms with Crippen LogP contribution in [-0.4, -0.2) is 37.2 Å². The molecule has 2 aliphatic rings. The average molecular weight is 338 g/mol. The molecular formula is C20H22N2O3. The zero-order chi connectivity index (χ0) is 17.2. The van der Waals surface area contributed by atoms with Crippen LogP contribution in [0.5, 0.6) is 5.75 Å². The highest BCUT2D eigenvalue weighted by atomic mass is 16.5. The van der Waals surface area contributed by atoms with Gasteiger partial charge in [-0.15, -0.1) is 0 Å². The molecule has 0 bridgehead atoms. The highest BCUT2D eigenvalue weighted by Crippen LogP contribution is 2.34. The Morgan fingerprint density at radius 1 is 1.24 bits per heavy atom. The number of anilines is 1. The molecule has 0 spiro atoms. The molecule has 0 aromatic heterocycles. The van der Waals surface area contributed by atoms with Crippen molar-refractivity contribution in [2.45, 2.75) is 25.1 Å². The van der Waals surface area contributed by atoms with Crippen molar-refractivity contribution < 1.29 is 14.3 Å². The van der Waals surface area contributed by atoms with Crippen molar-refractivity contribution in [2.75, 3.05) is 25.6 Å². The lowest BCUT2D eigenvalue weighted by Gasteiger charge is -2.39. The molecule has 0 saturated carbocycles. The van der Waals surface area contributed by atoms with Gasteiger partial charge in [-0.1, -0.05) is 24.3 Å². The van der Waals surface area contributed by atoms with E-state index in [1.165, 1.54) is 0 Å². The summed E-state index contributed by atoms with van der Waals surface area (Å²) in [5.41, 5.74) is 2.57. The van der Waals surface area contributed by atoms with Crippen LogP contribution in [0, 0.1) is 0 Å². The van der Waals surface area contributed by atoms with E-state index >= 15 is 0 Å². The van der Waals surface area contributed by atoms with E-state index in [4.69, 9.17) is 9.47 Å². The third-order valence-corrected chi connectivity index (χ3v) is 4.86. The van der Waals surface area contributed by atoms with E-state index in [1.807, 2.05) is 53.4 Å². The first-order valence-electron chi connectivity index (χ1n) is 8.68. The topological polar surface area (TPSA) is 50.8 Å². The maximum absolute atomic E-state index is 13.1. The van der Waals surface area contributed by atoms with Crippen LogP contribution in [-0.2, 0) is 4.74 Å². The molecular weight excluding hydrogens is 316 g/mol. The van der Waals surface area contributed by atoms with Crippen molar-refractivity contribution in [1.29, 1.82) is 0 Å². The molecule has 0 unspecified atom stereocenters. The standard InChI is InChI=1S/C20H22N2O3/c1-24-15-7-4-6-14(12-15)19-21-18-10-3-2-9-17(18)20(23)22(19)13-16-8-5-11-25-16/h2-4,6-7,9-10,12,16,19,21H,5,8,11,13H2,1H3/t16-,19+/m0/s1. The summed E-state index contributed by atoms with van der Waals surface area (Å²) >= 11 is 0. The van der Waals surface area contributed by atoms with Gasteiger partial charge in [-0.2, -0.15) is 0 Å². The average Bonchev–Trinajstić information content (AvgIpc) is 3.17. The number of nitrogens with one attached hydrogen (secondary N) is 1. The fourth-order valence-corrected chi connectivity index (χ4v) is 3.56. The van der Waals surface area contributed by atoms with Gasteiger partial charge < -0.3 is 19.7 Å². The molecule has 5 heteroatoms. The Bertz CT molecular complexity index is 771. The highest BCUT2D eigenvalue weighted by molar-refractivity contribution is 6.01. The zero-order valence-electron chi connectivity index (χ0n) is 14.3. The van der Waals surface area contributed by atoms with E-state index in [0.717, 1.165) is 36.4 Å². The van der Waals surface area contributed by atoms with Crippen LogP contribution in [0.1, 0.15) is 34.9 Å². The van der Waals surface area contributed by atoms with Crippen LogP contribution in [0.25, 0.3) is 0 Å². The lowest BCUT2D eigenvalue weighted by Crippen LogP contribution is -2.46. The second kappa shape index (κ2) is 6.76. The Hall–Kier alpha value is -2.53. The largest absolute Gasteiger partial charge is 0.497 e. The third-order valence-electron chi connectivity index (χ3n) is 4.86. The van der Waals surface area contributed by atoms with Crippen LogP contribution in [0.15, 0.2) is 48.5 Å². The summed E-state index contributed by atoms with van der Waals surface area (Å²) in [6, 6.07) is 15.5. The van der Waals surface area contributed by atoms with E-state index in [1.54, 1.807) is 7.11 Å². The van der Waals surface area contributed by atoms with E-state index in [2.05, 4.69) is 5.32 Å². The van der Waals surface area contributed by atoms with E-state index < -0.39 is 0 Å². The number of ether oxygens (including phenoxy) is 2. The maximum Gasteiger partial charge on any atom is 0.257 e. The van der Waals surface area contributed by atoms with Gasteiger partial charge in [0.25, 0.3) is 5.91 Å². The predicted molar refractivity (Wildman–Crippen MR) is 95.8 cm³/mol. The van der Waals surface area contributed by atoms with E-state index in [-0.39, 0.29) is 18.2 Å². The first-order chi connectivity index (χ1) is 12.3. The second-order valence-electron chi connectivity index (χ2n) is 6.46. The quantitative estimate of drug-likeness (QED) is 0.928. The lowest BCUT2D eigenvalue weighted by molar-refractivity contribution is 0.0427. The molecule has 1 amide bonds. The minimum absolute atomic E-state index is 0.0395. The number of amides is 1. The Balaban J connectivity index is 1.71. The molecule has 0 aliphatic carbocycles. The normalized spacial score (nSPS) is 22.4. The van der Waals surface area contributed by atoms with Gasteiger partial charge in [0.2, 0.25) is 0 Å². The SMILES string of the molecule is COc1cccc([C@@H]2Nc3ccccc3C(=O)N2C[C@@H]2CCCO2)c1. The number of fused-ring (bicyclic) bond motifs is 1. The molecule has 4 rings (SSSR count). The van der Waals surface area contributed by atoms with Crippen molar-refractivity contribution in [3.8, 4) is 5.75 Å². The van der Waals surface area contributed by atoms with Crippen molar-refractivity contribution in [3.05, 3.63) is 59.7 Å². The Morgan fingerprint density at radius 2 is 2.12 bits per heavy atom. The number of carbonyl (C=O) groups excluding carboxylic acids is 1. The van der Waals surface area contributed by atoms with Crippen molar-refractivity contribution in [1.82, 2.24) is 4.90 Å². The van der Waals surface area contributed by atoms with Crippen LogP contribution < -0.4 is 10.1 Å². The summed E-state index contributed by atoms with van der Waals surface area (Å²) in [5, 5.41) is 3.51. The number of rotatable bonds is 4. The summed E-state index contributed by atoms with van der Waals surface area (Å²) in [6.45, 7) is 1.36. The van der Waals surface area contributed by atoms with Gasteiger partial charge in [-0.25, -0.2) is 0 Å². The van der Waals surface area contributed by atoms with Gasteiger partial charge in [-0.3, -0.25) is 4.79 Å². The van der Waals surface area contributed by atoms with Gasteiger partial charge >= 0.3 is 0 Å². The molecule has 1 fully saturated rings. The van der Waals surface area contributed by atoms with Crippen molar-refractivity contribution >= 4 is 11.6 Å². The first kappa shape index (κ1) is 16.0. The minimum Gasteiger partial charge on any atom is -0.497 e. The fraction of sp³-hybridized carbons (Fsp3) is 0.350. The van der Waals surface area contributed by atoms with Gasteiger partial charge in [0.1, 0.15) is 11.9 Å². The number of nitrogens with zero attached hydrogens (tertiary/aromatic N) is 1. The molecule has 2 aliphatic heterocycles. The Kier molecular flexibility index (Phi) is 4.32. The number of carbonyl (C=O) groups is 1. The van der Waals surface area contributed by atoms with Crippen molar-refractivity contribution in [3.63, 3.8) is 0 Å². The van der Waals surface area contributed by atoms with Gasteiger partial charge in [-0.05, 0) is 42.7 Å². The molecule has 0 radical (unpaired) electrons. The van der Waals surface area contributed by atoms with Crippen LogP contribution in [0.3, 0.4) is 0 Å². The van der Waals surface area contributed by atoms with E-state index in [0.29, 0.717) is 12.1 Å². The summed E-state index contributed by atoms with van der Waals surface area (Å²) in [5.74, 6) is 0.820. The number of hydrogen-bond acceptors (Lipinski definition) is 4. The van der Waals surface area contributed by atoms with Crippen LogP contribution in [0.2, 0.25) is 0 Å². The molecule has 2 aromatic carbocycles. The molecule has 5 nitrogen and oxygen atoms in total. The van der Waals surface area contributed by atoms with Gasteiger partial charge in [0.15, 0.2) is 0 Å². The molecule has 1 N–H and O–H groups in total. The van der Waals surface area contributed by atoms with Crippen molar-refractivity contribution in [2.24, 2.45) is 0 Å². The predicted octanol–water partition coefficient (Wildman–Crippen LogP) is 3.44. The molecule has 2 heterocycles. The number of hydrogen-bond donors (Lipinski definition) is 1. The maximum atomic E-state index is 13.1. The molecule has 2 atom stereocenters. The molecule has 25 heavy (non-hydrogen) atoms. The van der Waals surface area contributed by atoms with Gasteiger partial charge in [0.05, 0.1) is 18.8 Å². The van der Waals surface area contributed by atoms with E-state index in [9.17, 15) is 4.79 Å². The van der Waals surface area contributed by atoms with Crippen LogP contribution in [0.4, 0.5) is 5.69 Å². The third kappa shape index (κ3) is 3.07. The highest BCUT2D eigenvalue weighted by Gasteiger charge is 2.35.